The number of carbonyl (C=O) groups is 1. The van der Waals surface area contributed by atoms with E-state index in [2.05, 4.69) is 20.5 Å². The van der Waals surface area contributed by atoms with E-state index >= 15 is 0 Å². The fraction of sp³-hybridized carbons (Fsp3) is 0.312. The first-order valence-electron chi connectivity index (χ1n) is 7.46. The number of hydrogen-bond acceptors (Lipinski definition) is 3. The van der Waals surface area contributed by atoms with E-state index in [0.29, 0.717) is 5.56 Å². The van der Waals surface area contributed by atoms with Crippen molar-refractivity contribution in [2.45, 2.75) is 32.2 Å². The van der Waals surface area contributed by atoms with Crippen LogP contribution in [-0.4, -0.2) is 31.5 Å². The van der Waals surface area contributed by atoms with Gasteiger partial charge in [-0.1, -0.05) is 0 Å². The van der Waals surface area contributed by atoms with E-state index in [-0.39, 0.29) is 11.9 Å². The first kappa shape index (κ1) is 13.1. The summed E-state index contributed by atoms with van der Waals surface area (Å²) in [5.41, 5.74) is 4.06. The third kappa shape index (κ3) is 2.16. The summed E-state index contributed by atoms with van der Waals surface area (Å²) in [6.07, 6.45) is 8.21. The molecule has 3 heterocycles. The average Bonchev–Trinajstić information content (AvgIpc) is 3.13. The van der Waals surface area contributed by atoms with E-state index in [9.17, 15) is 4.79 Å². The van der Waals surface area contributed by atoms with Gasteiger partial charge in [0.15, 0.2) is 0 Å². The molecule has 2 N–H and O–H groups in total. The molecule has 0 fully saturated rings. The highest BCUT2D eigenvalue weighted by Gasteiger charge is 2.22. The standard InChI is InChI=1S/C16H17N5O/c1-10-17-8-14-4-2-11(9-21(10)14)16(22)19-13-3-5-15-12(6-13)7-18-20-15/h2,4,7-9,13H,3,5-6H2,1H3,(H,18,20)(H,19,22). The van der Waals surface area contributed by atoms with Crippen LogP contribution >= 0.6 is 0 Å². The van der Waals surface area contributed by atoms with Gasteiger partial charge in [-0.3, -0.25) is 9.89 Å². The molecule has 0 bridgehead atoms. The van der Waals surface area contributed by atoms with Crippen molar-refractivity contribution in [1.29, 1.82) is 0 Å². The first-order chi connectivity index (χ1) is 10.7. The highest BCUT2D eigenvalue weighted by Crippen LogP contribution is 2.19. The van der Waals surface area contributed by atoms with Crippen LogP contribution in [0.3, 0.4) is 0 Å². The lowest BCUT2D eigenvalue weighted by Crippen LogP contribution is -2.38. The molecule has 0 aliphatic heterocycles. The van der Waals surface area contributed by atoms with E-state index < -0.39 is 0 Å². The van der Waals surface area contributed by atoms with Gasteiger partial charge in [-0.2, -0.15) is 5.10 Å². The zero-order valence-electron chi connectivity index (χ0n) is 12.3. The summed E-state index contributed by atoms with van der Waals surface area (Å²) in [7, 11) is 0. The summed E-state index contributed by atoms with van der Waals surface area (Å²) in [6, 6.07) is 3.93. The summed E-state index contributed by atoms with van der Waals surface area (Å²) in [5, 5.41) is 10.2. The third-order valence-corrected chi connectivity index (χ3v) is 4.33. The summed E-state index contributed by atoms with van der Waals surface area (Å²) in [4.78, 5) is 16.7. The fourth-order valence-corrected chi connectivity index (χ4v) is 3.06. The maximum absolute atomic E-state index is 12.5. The zero-order valence-corrected chi connectivity index (χ0v) is 12.3. The number of nitrogens with one attached hydrogen (secondary N) is 2. The number of aromatic nitrogens is 4. The molecule has 6 heteroatoms. The maximum Gasteiger partial charge on any atom is 0.253 e. The van der Waals surface area contributed by atoms with Gasteiger partial charge in [-0.05, 0) is 43.9 Å². The maximum atomic E-state index is 12.5. The predicted molar refractivity (Wildman–Crippen MR) is 81.8 cm³/mol. The number of pyridine rings is 1. The summed E-state index contributed by atoms with van der Waals surface area (Å²) in [5.74, 6) is 0.845. The topological polar surface area (TPSA) is 75.1 Å². The molecule has 22 heavy (non-hydrogen) atoms. The van der Waals surface area contributed by atoms with Crippen LogP contribution in [0.5, 0.6) is 0 Å². The molecule has 1 unspecified atom stereocenters. The van der Waals surface area contributed by atoms with Gasteiger partial charge in [0.2, 0.25) is 0 Å². The Bertz CT molecular complexity index is 847. The largest absolute Gasteiger partial charge is 0.349 e. The molecule has 0 saturated heterocycles. The Morgan fingerprint density at radius 3 is 3.23 bits per heavy atom. The smallest absolute Gasteiger partial charge is 0.253 e. The second-order valence-electron chi connectivity index (χ2n) is 5.81. The molecule has 1 aliphatic carbocycles. The van der Waals surface area contributed by atoms with Crippen molar-refractivity contribution in [3.63, 3.8) is 0 Å². The number of rotatable bonds is 2. The molecule has 0 aromatic carbocycles. The Morgan fingerprint density at radius 1 is 1.41 bits per heavy atom. The van der Waals surface area contributed by atoms with Crippen LogP contribution in [0.2, 0.25) is 0 Å². The van der Waals surface area contributed by atoms with Gasteiger partial charge < -0.3 is 9.72 Å². The second-order valence-corrected chi connectivity index (χ2v) is 5.81. The van der Waals surface area contributed by atoms with Crippen molar-refractivity contribution in [3.8, 4) is 0 Å². The quantitative estimate of drug-likeness (QED) is 0.755. The van der Waals surface area contributed by atoms with Crippen molar-refractivity contribution < 1.29 is 4.79 Å². The molecule has 4 rings (SSSR count). The monoisotopic (exact) mass is 295 g/mol. The van der Waals surface area contributed by atoms with Crippen LogP contribution in [0.1, 0.15) is 33.9 Å². The fourth-order valence-electron chi connectivity index (χ4n) is 3.06. The normalized spacial score (nSPS) is 17.4. The molecule has 1 amide bonds. The number of fused-ring (bicyclic) bond motifs is 2. The third-order valence-electron chi connectivity index (χ3n) is 4.33. The van der Waals surface area contributed by atoms with Gasteiger partial charge in [-0.15, -0.1) is 0 Å². The van der Waals surface area contributed by atoms with Gasteiger partial charge in [0.25, 0.3) is 5.91 Å². The number of hydrogen-bond donors (Lipinski definition) is 2. The number of imidazole rings is 1. The van der Waals surface area contributed by atoms with Crippen molar-refractivity contribution in [2.24, 2.45) is 0 Å². The van der Waals surface area contributed by atoms with Crippen molar-refractivity contribution in [3.05, 3.63) is 53.4 Å². The van der Waals surface area contributed by atoms with E-state index in [1.165, 1.54) is 11.3 Å². The zero-order chi connectivity index (χ0) is 15.1. The SMILES string of the molecule is Cc1ncc2ccc(C(=O)NC3CCc4[nH]ncc4C3)cn12. The molecule has 6 nitrogen and oxygen atoms in total. The van der Waals surface area contributed by atoms with Crippen LogP contribution in [0.15, 0.2) is 30.7 Å². The molecule has 3 aromatic rings. The van der Waals surface area contributed by atoms with Gasteiger partial charge in [-0.25, -0.2) is 4.98 Å². The number of aromatic amines is 1. The molecule has 1 atom stereocenters. The van der Waals surface area contributed by atoms with Gasteiger partial charge in [0.05, 0.1) is 23.5 Å². The Balaban J connectivity index is 1.53. The van der Waals surface area contributed by atoms with E-state index in [4.69, 9.17) is 0 Å². The molecule has 0 radical (unpaired) electrons. The molecule has 3 aromatic heterocycles. The Morgan fingerprint density at radius 2 is 2.32 bits per heavy atom. The van der Waals surface area contributed by atoms with Crippen LogP contribution in [0.4, 0.5) is 0 Å². The highest BCUT2D eigenvalue weighted by molar-refractivity contribution is 5.94. The van der Waals surface area contributed by atoms with Crippen molar-refractivity contribution in [1.82, 2.24) is 24.9 Å². The molecule has 0 saturated carbocycles. The van der Waals surface area contributed by atoms with Crippen LogP contribution in [0, 0.1) is 6.92 Å². The first-order valence-corrected chi connectivity index (χ1v) is 7.46. The Kier molecular flexibility index (Phi) is 2.96. The number of nitrogens with zero attached hydrogens (tertiary/aromatic N) is 3. The van der Waals surface area contributed by atoms with Gasteiger partial charge >= 0.3 is 0 Å². The van der Waals surface area contributed by atoms with Gasteiger partial charge in [0, 0.05) is 17.9 Å². The minimum absolute atomic E-state index is 0.0352. The molecule has 1 aliphatic rings. The predicted octanol–water partition coefficient (Wildman–Crippen LogP) is 1.65. The number of H-pyrrole nitrogens is 1. The molecular weight excluding hydrogens is 278 g/mol. The number of carbonyl (C=O) groups excluding carboxylic acids is 1. The molecule has 0 spiro atoms. The lowest BCUT2D eigenvalue weighted by molar-refractivity contribution is 0.0933. The minimum Gasteiger partial charge on any atom is -0.349 e. The average molecular weight is 295 g/mol. The number of amides is 1. The van der Waals surface area contributed by atoms with E-state index in [0.717, 1.165) is 30.6 Å². The van der Waals surface area contributed by atoms with E-state index in [1.54, 1.807) is 6.20 Å². The summed E-state index contributed by atoms with van der Waals surface area (Å²) < 4.78 is 1.93. The number of aryl methyl sites for hydroxylation is 2. The minimum atomic E-state index is -0.0352. The van der Waals surface area contributed by atoms with E-state index in [1.807, 2.05) is 35.9 Å². The van der Waals surface area contributed by atoms with Crippen LogP contribution in [0.25, 0.3) is 5.52 Å². The Hall–Kier alpha value is -2.63. The lowest BCUT2D eigenvalue weighted by atomic mass is 9.93. The van der Waals surface area contributed by atoms with Gasteiger partial charge in [0.1, 0.15) is 5.82 Å². The Labute approximate surface area is 127 Å². The van der Waals surface area contributed by atoms with Crippen LogP contribution in [-0.2, 0) is 12.8 Å². The lowest BCUT2D eigenvalue weighted by Gasteiger charge is -2.22. The highest BCUT2D eigenvalue weighted by atomic mass is 16.1. The van der Waals surface area contributed by atoms with Crippen molar-refractivity contribution >= 4 is 11.4 Å². The molecular formula is C16H17N5O. The molecule has 112 valence electrons. The van der Waals surface area contributed by atoms with Crippen molar-refractivity contribution in [2.75, 3.05) is 0 Å². The second kappa shape index (κ2) is 4.98. The summed E-state index contributed by atoms with van der Waals surface area (Å²) >= 11 is 0. The summed E-state index contributed by atoms with van der Waals surface area (Å²) in [6.45, 7) is 1.93. The van der Waals surface area contributed by atoms with Crippen LogP contribution < -0.4 is 5.32 Å².